The first-order valence-electron chi connectivity index (χ1n) is 4.08. The average molecular weight is 231 g/mol. The SMILES string of the molecule is CC(=O)O.CS(=O)(=O)Cc1ccccn1. The van der Waals surface area contributed by atoms with Gasteiger partial charge in [-0.05, 0) is 12.1 Å². The second kappa shape index (κ2) is 6.13. The zero-order chi connectivity index (χ0) is 11.9. The Morgan fingerprint density at radius 2 is 2.00 bits per heavy atom. The van der Waals surface area contributed by atoms with E-state index in [0.717, 1.165) is 6.92 Å². The summed E-state index contributed by atoms with van der Waals surface area (Å²) in [6, 6.07) is 5.22. The highest BCUT2D eigenvalue weighted by Crippen LogP contribution is 1.98. The predicted octanol–water partition coefficient (Wildman–Crippen LogP) is 0.717. The van der Waals surface area contributed by atoms with Crippen molar-refractivity contribution in [2.45, 2.75) is 12.7 Å². The molecule has 0 saturated carbocycles. The molecule has 0 unspecified atom stereocenters. The number of hydrogen-bond donors (Lipinski definition) is 1. The van der Waals surface area contributed by atoms with Crippen molar-refractivity contribution in [2.24, 2.45) is 0 Å². The molecule has 0 spiro atoms. The van der Waals surface area contributed by atoms with Crippen molar-refractivity contribution in [3.8, 4) is 0 Å². The quantitative estimate of drug-likeness (QED) is 0.810. The van der Waals surface area contributed by atoms with Crippen LogP contribution in [-0.2, 0) is 20.4 Å². The molecular weight excluding hydrogens is 218 g/mol. The smallest absolute Gasteiger partial charge is 0.300 e. The van der Waals surface area contributed by atoms with Crippen LogP contribution in [0, 0.1) is 0 Å². The molecule has 5 nitrogen and oxygen atoms in total. The van der Waals surface area contributed by atoms with Gasteiger partial charge in [0.1, 0.15) is 0 Å². The molecule has 0 aliphatic carbocycles. The van der Waals surface area contributed by atoms with E-state index in [1.165, 1.54) is 6.26 Å². The van der Waals surface area contributed by atoms with Crippen LogP contribution in [0.4, 0.5) is 0 Å². The van der Waals surface area contributed by atoms with Gasteiger partial charge in [0.25, 0.3) is 5.97 Å². The molecule has 6 heteroatoms. The van der Waals surface area contributed by atoms with Gasteiger partial charge in [-0.25, -0.2) is 8.42 Å². The number of hydrogen-bond acceptors (Lipinski definition) is 4. The van der Waals surface area contributed by atoms with Crippen molar-refractivity contribution >= 4 is 15.8 Å². The van der Waals surface area contributed by atoms with Crippen LogP contribution in [0.25, 0.3) is 0 Å². The lowest BCUT2D eigenvalue weighted by Gasteiger charge is -1.95. The van der Waals surface area contributed by atoms with E-state index < -0.39 is 15.8 Å². The molecule has 0 atom stereocenters. The van der Waals surface area contributed by atoms with Gasteiger partial charge in [0.2, 0.25) is 0 Å². The predicted molar refractivity (Wildman–Crippen MR) is 56.1 cm³/mol. The van der Waals surface area contributed by atoms with E-state index in [0.29, 0.717) is 5.69 Å². The molecule has 0 aliphatic rings. The van der Waals surface area contributed by atoms with Gasteiger partial charge in [0.15, 0.2) is 9.84 Å². The van der Waals surface area contributed by atoms with Crippen molar-refractivity contribution in [3.63, 3.8) is 0 Å². The molecule has 1 rings (SSSR count). The zero-order valence-electron chi connectivity index (χ0n) is 8.54. The number of carboxylic acids is 1. The summed E-state index contributed by atoms with van der Waals surface area (Å²) in [6.45, 7) is 1.08. The number of aliphatic carboxylic acids is 1. The normalized spacial score (nSPS) is 10.0. The monoisotopic (exact) mass is 231 g/mol. The Kier molecular flexibility index (Phi) is 5.54. The molecule has 1 aromatic heterocycles. The molecule has 0 aliphatic heterocycles. The first kappa shape index (κ1) is 13.6. The zero-order valence-corrected chi connectivity index (χ0v) is 9.36. The number of aromatic nitrogens is 1. The Labute approximate surface area is 88.7 Å². The maximum atomic E-state index is 10.8. The summed E-state index contributed by atoms with van der Waals surface area (Å²) >= 11 is 0. The Morgan fingerprint density at radius 1 is 1.47 bits per heavy atom. The second-order valence-electron chi connectivity index (χ2n) is 2.91. The number of rotatable bonds is 2. The summed E-state index contributed by atoms with van der Waals surface area (Å²) in [4.78, 5) is 12.9. The molecule has 0 radical (unpaired) electrons. The topological polar surface area (TPSA) is 84.3 Å². The summed E-state index contributed by atoms with van der Waals surface area (Å²) in [5.74, 6) is -0.812. The molecule has 1 heterocycles. The number of sulfone groups is 1. The fourth-order valence-electron chi connectivity index (χ4n) is 0.752. The molecule has 0 fully saturated rings. The minimum absolute atomic E-state index is 0.0217. The van der Waals surface area contributed by atoms with Crippen molar-refractivity contribution in [3.05, 3.63) is 30.1 Å². The van der Waals surface area contributed by atoms with Crippen LogP contribution in [0.15, 0.2) is 24.4 Å². The lowest BCUT2D eigenvalue weighted by atomic mass is 10.4. The molecule has 15 heavy (non-hydrogen) atoms. The van der Waals surface area contributed by atoms with E-state index in [9.17, 15) is 8.42 Å². The van der Waals surface area contributed by atoms with E-state index in [-0.39, 0.29) is 5.75 Å². The number of carbonyl (C=O) groups is 1. The summed E-state index contributed by atoms with van der Waals surface area (Å²) in [5.41, 5.74) is 0.593. The van der Waals surface area contributed by atoms with E-state index in [1.54, 1.807) is 24.4 Å². The summed E-state index contributed by atoms with van der Waals surface area (Å²) in [7, 11) is -2.94. The van der Waals surface area contributed by atoms with E-state index >= 15 is 0 Å². The fraction of sp³-hybridized carbons (Fsp3) is 0.333. The Morgan fingerprint density at radius 3 is 2.33 bits per heavy atom. The van der Waals surface area contributed by atoms with Crippen LogP contribution in [0.2, 0.25) is 0 Å². The van der Waals surface area contributed by atoms with Crippen LogP contribution in [0.5, 0.6) is 0 Å². The van der Waals surface area contributed by atoms with Gasteiger partial charge >= 0.3 is 0 Å². The van der Waals surface area contributed by atoms with Crippen molar-refractivity contribution in [1.29, 1.82) is 0 Å². The summed E-state index contributed by atoms with van der Waals surface area (Å²) < 4.78 is 21.5. The van der Waals surface area contributed by atoms with Crippen LogP contribution < -0.4 is 0 Å². The highest BCUT2D eigenvalue weighted by atomic mass is 32.2. The molecule has 84 valence electrons. The molecule has 1 N–H and O–H groups in total. The average Bonchev–Trinajstić information content (AvgIpc) is 2.01. The minimum atomic E-state index is -2.94. The molecule has 1 aromatic rings. The van der Waals surface area contributed by atoms with Crippen LogP contribution in [-0.4, -0.2) is 30.7 Å². The van der Waals surface area contributed by atoms with Crippen molar-refractivity contribution in [1.82, 2.24) is 4.98 Å². The van der Waals surface area contributed by atoms with Crippen molar-refractivity contribution < 1.29 is 18.3 Å². The lowest BCUT2D eigenvalue weighted by molar-refractivity contribution is -0.134. The maximum absolute atomic E-state index is 10.8. The van der Waals surface area contributed by atoms with Gasteiger partial charge in [0.05, 0.1) is 11.4 Å². The Bertz CT molecular complexity index is 395. The van der Waals surface area contributed by atoms with Gasteiger partial charge in [-0.15, -0.1) is 0 Å². The van der Waals surface area contributed by atoms with Gasteiger partial charge in [-0.2, -0.15) is 0 Å². The third kappa shape index (κ3) is 10.5. The maximum Gasteiger partial charge on any atom is 0.300 e. The van der Waals surface area contributed by atoms with Gasteiger partial charge in [-0.3, -0.25) is 9.78 Å². The largest absolute Gasteiger partial charge is 0.481 e. The fourth-order valence-corrected chi connectivity index (χ4v) is 1.46. The highest BCUT2D eigenvalue weighted by Gasteiger charge is 2.03. The van der Waals surface area contributed by atoms with Gasteiger partial charge in [-0.1, -0.05) is 6.07 Å². The minimum Gasteiger partial charge on any atom is -0.481 e. The van der Waals surface area contributed by atoms with Crippen LogP contribution >= 0.6 is 0 Å². The molecule has 0 aromatic carbocycles. The number of nitrogens with zero attached hydrogens (tertiary/aromatic N) is 1. The lowest BCUT2D eigenvalue weighted by Crippen LogP contribution is -2.01. The third-order valence-corrected chi connectivity index (χ3v) is 1.96. The molecule has 0 amide bonds. The molecule has 0 bridgehead atoms. The Balaban J connectivity index is 0.000000423. The summed E-state index contributed by atoms with van der Waals surface area (Å²) in [6.07, 6.45) is 2.78. The first-order valence-corrected chi connectivity index (χ1v) is 6.14. The van der Waals surface area contributed by atoms with E-state index in [4.69, 9.17) is 9.90 Å². The van der Waals surface area contributed by atoms with Crippen LogP contribution in [0.1, 0.15) is 12.6 Å². The van der Waals surface area contributed by atoms with Gasteiger partial charge in [0, 0.05) is 19.4 Å². The van der Waals surface area contributed by atoms with Gasteiger partial charge < -0.3 is 5.11 Å². The Hall–Kier alpha value is -1.43. The second-order valence-corrected chi connectivity index (χ2v) is 5.05. The molecular formula is C9H13NO4S. The standard InChI is InChI=1S/C7H9NO2S.C2H4O2/c1-11(9,10)6-7-4-2-3-5-8-7;1-2(3)4/h2-5H,6H2,1H3;1H3,(H,3,4). The summed E-state index contributed by atoms with van der Waals surface area (Å²) in [5, 5.41) is 7.42. The third-order valence-electron chi connectivity index (χ3n) is 1.14. The number of carboxylic acid groups (broad SMARTS) is 1. The molecule has 0 saturated heterocycles. The first-order chi connectivity index (χ1) is 6.81. The van der Waals surface area contributed by atoms with E-state index in [1.807, 2.05) is 0 Å². The number of pyridine rings is 1. The van der Waals surface area contributed by atoms with Crippen molar-refractivity contribution in [2.75, 3.05) is 6.26 Å². The van der Waals surface area contributed by atoms with Crippen LogP contribution in [0.3, 0.4) is 0 Å². The highest BCUT2D eigenvalue weighted by molar-refractivity contribution is 7.89. The van der Waals surface area contributed by atoms with E-state index in [2.05, 4.69) is 4.98 Å².